The molecule has 1 aromatic heterocycles. The van der Waals surface area contributed by atoms with Crippen LogP contribution in [0.4, 0.5) is 0 Å². The molecular weight excluding hydrogens is 323 g/mol. The Morgan fingerprint density at radius 1 is 1.00 bits per heavy atom. The molecule has 0 N–H and O–H groups in total. The zero-order valence-corrected chi connectivity index (χ0v) is 13.2. The van der Waals surface area contributed by atoms with Gasteiger partial charge in [-0.05, 0) is 36.4 Å². The number of fused-ring (bicyclic) bond motifs is 3. The van der Waals surface area contributed by atoms with Gasteiger partial charge in [0.25, 0.3) is 0 Å². The first kappa shape index (κ1) is 13.3. The Balaban J connectivity index is 1.92. The number of halogens is 2. The number of thioether (sulfide) groups is 1. The maximum absolute atomic E-state index is 6.10. The molecule has 0 fully saturated rings. The highest BCUT2D eigenvalue weighted by Crippen LogP contribution is 2.43. The normalized spacial score (nSPS) is 12.9. The number of nitrogens with zero attached hydrogens (tertiary/aromatic N) is 2. The summed E-state index contributed by atoms with van der Waals surface area (Å²) >= 11 is 13.9. The largest absolute Gasteiger partial charge is 0.233 e. The lowest BCUT2D eigenvalue weighted by atomic mass is 10.1. The Morgan fingerprint density at radius 2 is 1.76 bits per heavy atom. The molecule has 0 bridgehead atoms. The van der Waals surface area contributed by atoms with Gasteiger partial charge in [0.15, 0.2) is 0 Å². The SMILES string of the molecule is Clc1ccc(-n2ncc3c2-c2ccc(Cl)cc2SC3)cc1. The topological polar surface area (TPSA) is 17.8 Å². The fourth-order valence-electron chi connectivity index (χ4n) is 2.52. The van der Waals surface area contributed by atoms with Crippen LogP contribution in [0.1, 0.15) is 5.56 Å². The summed E-state index contributed by atoms with van der Waals surface area (Å²) in [7, 11) is 0. The molecule has 21 heavy (non-hydrogen) atoms. The van der Waals surface area contributed by atoms with Gasteiger partial charge in [-0.1, -0.05) is 29.3 Å². The van der Waals surface area contributed by atoms with Crippen LogP contribution < -0.4 is 0 Å². The van der Waals surface area contributed by atoms with Crippen LogP contribution in [-0.4, -0.2) is 9.78 Å². The Hall–Kier alpha value is -1.42. The second-order valence-corrected chi connectivity index (χ2v) is 6.73. The number of aromatic nitrogens is 2. The zero-order chi connectivity index (χ0) is 14.4. The van der Waals surface area contributed by atoms with E-state index < -0.39 is 0 Å². The van der Waals surface area contributed by atoms with Gasteiger partial charge in [0.1, 0.15) is 0 Å². The number of hydrogen-bond donors (Lipinski definition) is 0. The van der Waals surface area contributed by atoms with Gasteiger partial charge in [-0.3, -0.25) is 0 Å². The first-order chi connectivity index (χ1) is 10.2. The maximum atomic E-state index is 6.10. The molecule has 1 aliphatic heterocycles. The van der Waals surface area contributed by atoms with Crippen LogP contribution in [0.3, 0.4) is 0 Å². The molecule has 0 atom stereocenters. The van der Waals surface area contributed by atoms with Crippen molar-refractivity contribution >= 4 is 35.0 Å². The zero-order valence-electron chi connectivity index (χ0n) is 10.9. The molecule has 104 valence electrons. The van der Waals surface area contributed by atoms with Gasteiger partial charge in [0.2, 0.25) is 0 Å². The Kier molecular flexibility index (Phi) is 3.21. The van der Waals surface area contributed by atoms with Crippen molar-refractivity contribution in [3.8, 4) is 16.9 Å². The monoisotopic (exact) mass is 332 g/mol. The van der Waals surface area contributed by atoms with E-state index in [2.05, 4.69) is 11.2 Å². The standard InChI is InChI=1S/C16H10Cl2N2S/c17-11-1-4-13(5-2-11)20-16-10(8-19-20)9-21-15-7-12(18)3-6-14(15)16/h1-8H,9H2. The van der Waals surface area contributed by atoms with E-state index in [1.54, 1.807) is 11.8 Å². The summed E-state index contributed by atoms with van der Waals surface area (Å²) in [6, 6.07) is 13.7. The fourth-order valence-corrected chi connectivity index (χ4v) is 3.94. The van der Waals surface area contributed by atoms with Crippen LogP contribution in [0, 0.1) is 0 Å². The molecule has 0 amide bonds. The van der Waals surface area contributed by atoms with Crippen molar-refractivity contribution in [1.29, 1.82) is 0 Å². The molecule has 2 heterocycles. The van der Waals surface area contributed by atoms with E-state index >= 15 is 0 Å². The molecule has 0 spiro atoms. The van der Waals surface area contributed by atoms with E-state index in [0.717, 1.165) is 27.2 Å². The number of benzene rings is 2. The molecular formula is C16H10Cl2N2S. The molecule has 0 unspecified atom stereocenters. The molecule has 3 aromatic rings. The van der Waals surface area contributed by atoms with E-state index in [4.69, 9.17) is 23.2 Å². The summed E-state index contributed by atoms with van der Waals surface area (Å²) in [6.45, 7) is 0. The summed E-state index contributed by atoms with van der Waals surface area (Å²) in [6.07, 6.45) is 1.94. The lowest BCUT2D eigenvalue weighted by molar-refractivity contribution is 0.885. The van der Waals surface area contributed by atoms with Gasteiger partial charge in [-0.25, -0.2) is 4.68 Å². The molecule has 4 rings (SSSR count). The molecule has 0 radical (unpaired) electrons. The number of rotatable bonds is 1. The minimum atomic E-state index is 0.725. The van der Waals surface area contributed by atoms with Crippen molar-refractivity contribution < 1.29 is 0 Å². The van der Waals surface area contributed by atoms with Crippen molar-refractivity contribution in [2.45, 2.75) is 10.6 Å². The highest BCUT2D eigenvalue weighted by Gasteiger charge is 2.22. The number of hydrogen-bond acceptors (Lipinski definition) is 2. The van der Waals surface area contributed by atoms with Crippen molar-refractivity contribution in [3.05, 3.63) is 64.3 Å². The summed E-state index contributed by atoms with van der Waals surface area (Å²) in [5.41, 5.74) is 4.57. The van der Waals surface area contributed by atoms with Crippen LogP contribution in [0.25, 0.3) is 16.9 Å². The third kappa shape index (κ3) is 2.26. The van der Waals surface area contributed by atoms with Crippen molar-refractivity contribution in [1.82, 2.24) is 9.78 Å². The van der Waals surface area contributed by atoms with Crippen LogP contribution in [0.15, 0.2) is 53.6 Å². The van der Waals surface area contributed by atoms with Crippen molar-refractivity contribution in [2.75, 3.05) is 0 Å². The van der Waals surface area contributed by atoms with Gasteiger partial charge in [0.05, 0.1) is 17.6 Å². The van der Waals surface area contributed by atoms with Crippen LogP contribution in [0.2, 0.25) is 10.0 Å². The highest BCUT2D eigenvalue weighted by molar-refractivity contribution is 7.98. The van der Waals surface area contributed by atoms with Gasteiger partial charge in [-0.2, -0.15) is 5.10 Å². The van der Waals surface area contributed by atoms with Crippen LogP contribution in [-0.2, 0) is 5.75 Å². The summed E-state index contributed by atoms with van der Waals surface area (Å²) in [5.74, 6) is 0.913. The van der Waals surface area contributed by atoms with E-state index in [0.29, 0.717) is 0 Å². The molecule has 2 nitrogen and oxygen atoms in total. The predicted molar refractivity (Wildman–Crippen MR) is 88.6 cm³/mol. The van der Waals surface area contributed by atoms with E-state index in [-0.39, 0.29) is 0 Å². The maximum Gasteiger partial charge on any atom is 0.0792 e. The van der Waals surface area contributed by atoms with E-state index in [1.807, 2.05) is 47.3 Å². The lowest BCUT2D eigenvalue weighted by Gasteiger charge is -2.18. The van der Waals surface area contributed by atoms with Gasteiger partial charge >= 0.3 is 0 Å². The summed E-state index contributed by atoms with van der Waals surface area (Å²) in [5, 5.41) is 6.04. The Labute approximate surface area is 136 Å². The predicted octanol–water partition coefficient (Wildman–Crippen LogP) is 5.45. The second-order valence-electron chi connectivity index (χ2n) is 4.84. The van der Waals surface area contributed by atoms with Crippen molar-refractivity contribution in [2.24, 2.45) is 0 Å². The minimum absolute atomic E-state index is 0.725. The third-order valence-corrected chi connectivity index (χ3v) is 5.09. The van der Waals surface area contributed by atoms with E-state index in [1.165, 1.54) is 16.0 Å². The first-order valence-corrected chi connectivity index (χ1v) is 8.22. The average molecular weight is 333 g/mol. The van der Waals surface area contributed by atoms with E-state index in [9.17, 15) is 0 Å². The van der Waals surface area contributed by atoms with Crippen LogP contribution in [0.5, 0.6) is 0 Å². The minimum Gasteiger partial charge on any atom is -0.233 e. The highest BCUT2D eigenvalue weighted by atomic mass is 35.5. The average Bonchev–Trinajstić information content (AvgIpc) is 2.92. The molecule has 2 aromatic carbocycles. The van der Waals surface area contributed by atoms with Crippen LogP contribution >= 0.6 is 35.0 Å². The molecule has 0 saturated carbocycles. The van der Waals surface area contributed by atoms with Gasteiger partial charge in [0, 0.05) is 31.8 Å². The Bertz CT molecular complexity index is 825. The summed E-state index contributed by atoms with van der Waals surface area (Å²) < 4.78 is 1.97. The summed E-state index contributed by atoms with van der Waals surface area (Å²) in [4.78, 5) is 1.20. The third-order valence-electron chi connectivity index (χ3n) is 3.50. The van der Waals surface area contributed by atoms with Gasteiger partial charge < -0.3 is 0 Å². The fraction of sp³-hybridized carbons (Fsp3) is 0.0625. The lowest BCUT2D eigenvalue weighted by Crippen LogP contribution is -2.02. The smallest absolute Gasteiger partial charge is 0.0792 e. The second kappa shape index (κ2) is 5.09. The van der Waals surface area contributed by atoms with Gasteiger partial charge in [-0.15, -0.1) is 11.8 Å². The molecule has 5 heteroatoms. The first-order valence-electron chi connectivity index (χ1n) is 6.48. The molecule has 0 saturated heterocycles. The molecule has 1 aliphatic rings. The Morgan fingerprint density at radius 3 is 2.57 bits per heavy atom. The van der Waals surface area contributed by atoms with Crippen molar-refractivity contribution in [3.63, 3.8) is 0 Å². The quantitative estimate of drug-likeness (QED) is 0.589. The molecule has 0 aliphatic carbocycles.